The Morgan fingerprint density at radius 1 is 1.30 bits per heavy atom. The minimum Gasteiger partial charge on any atom is -0.497 e. The predicted molar refractivity (Wildman–Crippen MR) is 87.7 cm³/mol. The molecular weight excluding hydrogens is 296 g/mol. The Bertz CT molecular complexity index is 774. The summed E-state index contributed by atoms with van der Waals surface area (Å²) in [6.07, 6.45) is 2.82. The van der Waals surface area contributed by atoms with Crippen LogP contribution >= 0.6 is 0 Å². The molecule has 122 valence electrons. The monoisotopic (exact) mass is 316 g/mol. The lowest BCUT2D eigenvalue weighted by Gasteiger charge is -2.04. The number of rotatable bonds is 5. The Morgan fingerprint density at radius 3 is 2.70 bits per heavy atom. The predicted octanol–water partition coefficient (Wildman–Crippen LogP) is 1.95. The summed E-state index contributed by atoms with van der Waals surface area (Å²) in [7, 11) is 4.81. The van der Waals surface area contributed by atoms with Crippen molar-refractivity contribution in [2.75, 3.05) is 20.8 Å². The van der Waals surface area contributed by atoms with Crippen LogP contribution in [0.25, 0.3) is 10.9 Å². The van der Waals surface area contributed by atoms with Crippen LogP contribution in [0.1, 0.15) is 16.1 Å². The van der Waals surface area contributed by atoms with E-state index in [1.165, 1.54) is 13.2 Å². The van der Waals surface area contributed by atoms with Crippen LogP contribution in [0.15, 0.2) is 30.4 Å². The number of nitrogens with one attached hydrogen (secondary N) is 1. The second-order valence-corrected chi connectivity index (χ2v) is 5.04. The third kappa shape index (κ3) is 3.36. The molecule has 0 bridgehead atoms. The molecule has 1 N–H and O–H groups in total. The highest BCUT2D eigenvalue weighted by Gasteiger charge is 2.18. The molecule has 2 rings (SSSR count). The average Bonchev–Trinajstić information content (AvgIpc) is 2.81. The number of carbonyl (C=O) groups excluding carboxylic acids is 2. The van der Waals surface area contributed by atoms with Crippen LogP contribution in [0.3, 0.4) is 0 Å². The van der Waals surface area contributed by atoms with Crippen molar-refractivity contribution in [2.45, 2.75) is 6.92 Å². The fraction of sp³-hybridized carbons (Fsp3) is 0.294. The summed E-state index contributed by atoms with van der Waals surface area (Å²) in [5.74, 6) is 0.0453. The second kappa shape index (κ2) is 7.00. The number of methoxy groups -OCH3 is 2. The van der Waals surface area contributed by atoms with Gasteiger partial charge < -0.3 is 19.4 Å². The SMILES string of the molecule is COC(=O)C=CCNC(=O)c1c(C)n(C)c2ccc(OC)cc12. The van der Waals surface area contributed by atoms with Gasteiger partial charge in [-0.1, -0.05) is 6.08 Å². The molecular formula is C17H20N2O4. The number of aryl methyl sites for hydroxylation is 1. The van der Waals surface area contributed by atoms with Crippen LogP contribution in [0.2, 0.25) is 0 Å². The Morgan fingerprint density at radius 2 is 2.04 bits per heavy atom. The van der Waals surface area contributed by atoms with E-state index in [1.807, 2.05) is 36.7 Å². The van der Waals surface area contributed by atoms with Crippen molar-refractivity contribution < 1.29 is 19.1 Å². The lowest BCUT2D eigenvalue weighted by Crippen LogP contribution is -2.24. The number of benzene rings is 1. The van der Waals surface area contributed by atoms with Crippen molar-refractivity contribution in [1.29, 1.82) is 0 Å². The fourth-order valence-electron chi connectivity index (χ4n) is 2.43. The van der Waals surface area contributed by atoms with Crippen molar-refractivity contribution in [2.24, 2.45) is 7.05 Å². The molecule has 0 unspecified atom stereocenters. The number of amides is 1. The smallest absolute Gasteiger partial charge is 0.330 e. The van der Waals surface area contributed by atoms with E-state index >= 15 is 0 Å². The summed E-state index contributed by atoms with van der Waals surface area (Å²) < 4.78 is 11.7. The van der Waals surface area contributed by atoms with Gasteiger partial charge >= 0.3 is 5.97 Å². The number of hydrogen-bond acceptors (Lipinski definition) is 4. The molecule has 2 aromatic rings. The van der Waals surface area contributed by atoms with Gasteiger partial charge in [-0.25, -0.2) is 4.79 Å². The molecule has 23 heavy (non-hydrogen) atoms. The van der Waals surface area contributed by atoms with Crippen molar-refractivity contribution >= 4 is 22.8 Å². The first kappa shape index (κ1) is 16.6. The van der Waals surface area contributed by atoms with E-state index in [0.717, 1.165) is 16.6 Å². The largest absolute Gasteiger partial charge is 0.497 e. The zero-order valence-corrected chi connectivity index (χ0v) is 13.7. The van der Waals surface area contributed by atoms with Crippen LogP contribution < -0.4 is 10.1 Å². The Hall–Kier alpha value is -2.76. The lowest BCUT2D eigenvalue weighted by atomic mass is 10.1. The third-order valence-corrected chi connectivity index (χ3v) is 3.76. The molecule has 0 fully saturated rings. The van der Waals surface area contributed by atoms with Crippen molar-refractivity contribution in [1.82, 2.24) is 9.88 Å². The molecule has 6 heteroatoms. The molecule has 0 spiro atoms. The molecule has 1 aromatic carbocycles. The van der Waals surface area contributed by atoms with E-state index in [2.05, 4.69) is 10.1 Å². The molecule has 6 nitrogen and oxygen atoms in total. The normalized spacial score (nSPS) is 11.0. The van der Waals surface area contributed by atoms with Crippen LogP contribution in [0, 0.1) is 6.92 Å². The van der Waals surface area contributed by atoms with Crippen LogP contribution in [-0.2, 0) is 16.6 Å². The highest BCUT2D eigenvalue weighted by Crippen LogP contribution is 2.28. The molecule has 0 aliphatic rings. The molecule has 0 aliphatic carbocycles. The molecule has 0 radical (unpaired) electrons. The second-order valence-electron chi connectivity index (χ2n) is 5.04. The van der Waals surface area contributed by atoms with E-state index in [0.29, 0.717) is 11.3 Å². The lowest BCUT2D eigenvalue weighted by molar-refractivity contribution is -0.134. The number of hydrogen-bond donors (Lipinski definition) is 1. The summed E-state index contributed by atoms with van der Waals surface area (Å²) in [5.41, 5.74) is 2.43. The molecule has 1 aromatic heterocycles. The maximum Gasteiger partial charge on any atom is 0.330 e. The Balaban J connectivity index is 2.27. The van der Waals surface area contributed by atoms with Gasteiger partial charge in [-0.05, 0) is 25.1 Å². The van der Waals surface area contributed by atoms with E-state index in [9.17, 15) is 9.59 Å². The van der Waals surface area contributed by atoms with E-state index in [4.69, 9.17) is 4.74 Å². The quantitative estimate of drug-likeness (QED) is 0.676. The number of ether oxygens (including phenoxy) is 2. The van der Waals surface area contributed by atoms with Crippen molar-refractivity contribution in [3.05, 3.63) is 41.6 Å². The Labute approximate surface area is 134 Å². The fourth-order valence-corrected chi connectivity index (χ4v) is 2.43. The van der Waals surface area contributed by atoms with Gasteiger partial charge in [0, 0.05) is 36.3 Å². The van der Waals surface area contributed by atoms with Crippen molar-refractivity contribution in [3.63, 3.8) is 0 Å². The topological polar surface area (TPSA) is 69.6 Å². The maximum absolute atomic E-state index is 12.5. The van der Waals surface area contributed by atoms with Gasteiger partial charge in [0.15, 0.2) is 0 Å². The summed E-state index contributed by atoms with van der Waals surface area (Å²) in [4.78, 5) is 23.5. The van der Waals surface area contributed by atoms with Gasteiger partial charge in [0.1, 0.15) is 5.75 Å². The van der Waals surface area contributed by atoms with Gasteiger partial charge in [-0.3, -0.25) is 4.79 Å². The maximum atomic E-state index is 12.5. The number of esters is 1. The molecule has 1 amide bonds. The molecule has 0 atom stereocenters. The zero-order chi connectivity index (χ0) is 17.0. The van der Waals surface area contributed by atoms with Gasteiger partial charge in [0.05, 0.1) is 19.8 Å². The number of carbonyl (C=O) groups is 2. The summed E-state index contributed by atoms with van der Waals surface area (Å²) >= 11 is 0. The number of aromatic nitrogens is 1. The van der Waals surface area contributed by atoms with Crippen LogP contribution in [0.4, 0.5) is 0 Å². The van der Waals surface area contributed by atoms with E-state index in [1.54, 1.807) is 13.2 Å². The molecule has 0 aliphatic heterocycles. The molecule has 0 saturated heterocycles. The third-order valence-electron chi connectivity index (χ3n) is 3.76. The molecule has 0 saturated carbocycles. The first-order valence-corrected chi connectivity index (χ1v) is 7.15. The van der Waals surface area contributed by atoms with Crippen LogP contribution in [-0.4, -0.2) is 37.2 Å². The Kier molecular flexibility index (Phi) is 5.05. The zero-order valence-electron chi connectivity index (χ0n) is 13.7. The van der Waals surface area contributed by atoms with Crippen molar-refractivity contribution in [3.8, 4) is 5.75 Å². The highest BCUT2D eigenvalue weighted by molar-refractivity contribution is 6.08. The molecule has 1 heterocycles. The summed E-state index contributed by atoms with van der Waals surface area (Å²) in [5, 5.41) is 3.61. The average molecular weight is 316 g/mol. The minimum atomic E-state index is -0.453. The van der Waals surface area contributed by atoms with Crippen LogP contribution in [0.5, 0.6) is 5.75 Å². The minimum absolute atomic E-state index is 0.198. The number of nitrogens with zero attached hydrogens (tertiary/aromatic N) is 1. The highest BCUT2D eigenvalue weighted by atomic mass is 16.5. The number of fused-ring (bicyclic) bond motifs is 1. The van der Waals surface area contributed by atoms with Gasteiger partial charge in [-0.2, -0.15) is 0 Å². The first-order valence-electron chi connectivity index (χ1n) is 7.15. The summed E-state index contributed by atoms with van der Waals surface area (Å²) in [6, 6.07) is 5.64. The first-order chi connectivity index (χ1) is 11.0. The van der Waals surface area contributed by atoms with Gasteiger partial charge in [0.2, 0.25) is 0 Å². The summed E-state index contributed by atoms with van der Waals surface area (Å²) in [6.45, 7) is 2.14. The van der Waals surface area contributed by atoms with Gasteiger partial charge in [-0.15, -0.1) is 0 Å². The van der Waals surface area contributed by atoms with E-state index in [-0.39, 0.29) is 12.5 Å². The standard InChI is InChI=1S/C17H20N2O4/c1-11-16(17(21)18-9-5-6-15(20)23-4)13-10-12(22-3)7-8-14(13)19(11)2/h5-8,10H,9H2,1-4H3,(H,18,21). The van der Waals surface area contributed by atoms with Gasteiger partial charge in [0.25, 0.3) is 5.91 Å². The van der Waals surface area contributed by atoms with E-state index < -0.39 is 5.97 Å².